The summed E-state index contributed by atoms with van der Waals surface area (Å²) in [4.78, 5) is 27.0. The van der Waals surface area contributed by atoms with Crippen molar-refractivity contribution in [2.24, 2.45) is 23.2 Å². The average molecular weight is 319 g/mol. The van der Waals surface area contributed by atoms with Crippen LogP contribution in [-0.2, 0) is 14.3 Å². The molecule has 4 saturated carbocycles. The van der Waals surface area contributed by atoms with Crippen LogP contribution in [0.3, 0.4) is 0 Å². The van der Waals surface area contributed by atoms with Crippen molar-refractivity contribution in [1.29, 1.82) is 0 Å². The summed E-state index contributed by atoms with van der Waals surface area (Å²) in [6.45, 7) is 1.61. The lowest BCUT2D eigenvalue weighted by Crippen LogP contribution is -2.51. The van der Waals surface area contributed by atoms with E-state index in [1.54, 1.807) is 0 Å². The summed E-state index contributed by atoms with van der Waals surface area (Å²) in [5.41, 5.74) is -0.242. The minimum absolute atomic E-state index is 0.00461. The number of esters is 1. The Bertz CT molecular complexity index is 444. The van der Waals surface area contributed by atoms with E-state index in [0.29, 0.717) is 0 Å². The van der Waals surface area contributed by atoms with Crippen molar-refractivity contribution in [2.45, 2.75) is 64.2 Å². The van der Waals surface area contributed by atoms with Gasteiger partial charge < -0.3 is 9.64 Å². The zero-order chi connectivity index (χ0) is 15.9. The van der Waals surface area contributed by atoms with Crippen molar-refractivity contribution in [3.8, 4) is 0 Å². The van der Waals surface area contributed by atoms with E-state index in [-0.39, 0.29) is 23.9 Å². The average Bonchev–Trinajstić information content (AvgIpc) is 2.80. The molecular formula is C19H29NO3. The van der Waals surface area contributed by atoms with Gasteiger partial charge in [-0.2, -0.15) is 0 Å². The van der Waals surface area contributed by atoms with Crippen molar-refractivity contribution in [1.82, 2.24) is 4.90 Å². The summed E-state index contributed by atoms with van der Waals surface area (Å²) in [5, 5.41) is 0. The molecule has 1 amide bonds. The largest absolute Gasteiger partial charge is 0.455 e. The highest BCUT2D eigenvalue weighted by Crippen LogP contribution is 2.60. The molecule has 0 N–H and O–H groups in total. The Labute approximate surface area is 138 Å². The Balaban J connectivity index is 1.34. The van der Waals surface area contributed by atoms with Crippen LogP contribution in [0.2, 0.25) is 0 Å². The monoisotopic (exact) mass is 319 g/mol. The fraction of sp³-hybridized carbons (Fsp3) is 0.895. The highest BCUT2D eigenvalue weighted by molar-refractivity contribution is 5.83. The molecule has 23 heavy (non-hydrogen) atoms. The minimum Gasteiger partial charge on any atom is -0.455 e. The fourth-order valence-electron chi connectivity index (χ4n) is 6.05. The maximum Gasteiger partial charge on any atom is 0.312 e. The van der Waals surface area contributed by atoms with Crippen LogP contribution >= 0.6 is 0 Å². The van der Waals surface area contributed by atoms with Gasteiger partial charge in [-0.15, -0.1) is 0 Å². The van der Waals surface area contributed by atoms with E-state index >= 15 is 0 Å². The first-order chi connectivity index (χ1) is 11.1. The molecule has 0 radical (unpaired) electrons. The zero-order valence-electron chi connectivity index (χ0n) is 14.1. The van der Waals surface area contributed by atoms with Crippen LogP contribution in [0.15, 0.2) is 0 Å². The van der Waals surface area contributed by atoms with Gasteiger partial charge in [-0.3, -0.25) is 9.59 Å². The topological polar surface area (TPSA) is 46.6 Å². The minimum atomic E-state index is -0.242. The predicted molar refractivity (Wildman–Crippen MR) is 86.6 cm³/mol. The molecule has 0 atom stereocenters. The Morgan fingerprint density at radius 3 is 1.91 bits per heavy atom. The Hall–Kier alpha value is -1.06. The van der Waals surface area contributed by atoms with Crippen LogP contribution in [-0.4, -0.2) is 36.5 Å². The van der Waals surface area contributed by atoms with Crippen LogP contribution in [0.4, 0.5) is 0 Å². The maximum atomic E-state index is 12.8. The summed E-state index contributed by atoms with van der Waals surface area (Å²) >= 11 is 0. The van der Waals surface area contributed by atoms with Crippen LogP contribution in [0.5, 0.6) is 0 Å². The predicted octanol–water partition coefficient (Wildman–Crippen LogP) is 3.15. The second-order valence-electron chi connectivity index (χ2n) is 8.57. The van der Waals surface area contributed by atoms with Gasteiger partial charge in [-0.1, -0.05) is 12.8 Å². The molecule has 0 aromatic carbocycles. The number of ether oxygens (including phenoxy) is 1. The molecule has 1 aliphatic heterocycles. The maximum absolute atomic E-state index is 12.8. The molecule has 4 nitrogen and oxygen atoms in total. The van der Waals surface area contributed by atoms with E-state index in [0.717, 1.165) is 62.9 Å². The van der Waals surface area contributed by atoms with Crippen molar-refractivity contribution >= 4 is 11.9 Å². The molecule has 0 aromatic rings. The van der Waals surface area contributed by atoms with Gasteiger partial charge in [0.15, 0.2) is 6.61 Å². The van der Waals surface area contributed by atoms with Crippen molar-refractivity contribution < 1.29 is 14.3 Å². The first-order valence-electron chi connectivity index (χ1n) is 9.60. The van der Waals surface area contributed by atoms with Crippen molar-refractivity contribution in [2.75, 3.05) is 19.7 Å². The molecule has 128 valence electrons. The SMILES string of the molecule is O=C(COC(=O)C12CC3CC(CC(C3)C1)C2)N1CCCCCC1. The molecule has 1 saturated heterocycles. The van der Waals surface area contributed by atoms with Crippen LogP contribution < -0.4 is 0 Å². The summed E-state index contributed by atoms with van der Waals surface area (Å²) < 4.78 is 5.55. The van der Waals surface area contributed by atoms with Gasteiger partial charge in [0.05, 0.1) is 5.41 Å². The standard InChI is InChI=1S/C19H29NO3/c21-17(20-5-3-1-2-4-6-20)13-23-18(22)19-10-14-7-15(11-19)9-16(8-14)12-19/h14-16H,1-13H2. The Morgan fingerprint density at radius 1 is 0.870 bits per heavy atom. The van der Waals surface area contributed by atoms with E-state index in [1.807, 2.05) is 4.90 Å². The second kappa shape index (κ2) is 6.10. The van der Waals surface area contributed by atoms with Gasteiger partial charge in [0.2, 0.25) is 0 Å². The molecule has 0 aromatic heterocycles. The number of nitrogens with zero attached hydrogens (tertiary/aromatic N) is 1. The lowest BCUT2D eigenvalue weighted by Gasteiger charge is -2.55. The normalized spacial score (nSPS) is 39.1. The van der Waals surface area contributed by atoms with E-state index < -0.39 is 0 Å². The number of likely N-dealkylation sites (tertiary alicyclic amines) is 1. The van der Waals surface area contributed by atoms with Crippen LogP contribution in [0.1, 0.15) is 64.2 Å². The summed E-state index contributed by atoms with van der Waals surface area (Å²) in [6.07, 6.45) is 11.6. The fourth-order valence-corrected chi connectivity index (χ4v) is 6.05. The quantitative estimate of drug-likeness (QED) is 0.751. The number of hydrogen-bond donors (Lipinski definition) is 0. The highest BCUT2D eigenvalue weighted by atomic mass is 16.5. The molecule has 5 fully saturated rings. The smallest absolute Gasteiger partial charge is 0.312 e. The Kier molecular flexibility index (Phi) is 4.10. The first-order valence-corrected chi connectivity index (χ1v) is 9.60. The third kappa shape index (κ3) is 3.01. The van der Waals surface area contributed by atoms with E-state index in [9.17, 15) is 9.59 Å². The number of carbonyl (C=O) groups excluding carboxylic acids is 2. The summed E-state index contributed by atoms with van der Waals surface area (Å²) in [7, 11) is 0. The molecular weight excluding hydrogens is 290 g/mol. The highest BCUT2D eigenvalue weighted by Gasteiger charge is 2.55. The van der Waals surface area contributed by atoms with Gasteiger partial charge >= 0.3 is 5.97 Å². The van der Waals surface area contributed by atoms with Gasteiger partial charge in [0.25, 0.3) is 5.91 Å². The lowest BCUT2D eigenvalue weighted by atomic mass is 9.49. The van der Waals surface area contributed by atoms with E-state index in [4.69, 9.17) is 4.74 Å². The van der Waals surface area contributed by atoms with Gasteiger partial charge in [-0.05, 0) is 69.1 Å². The van der Waals surface area contributed by atoms with Crippen molar-refractivity contribution in [3.63, 3.8) is 0 Å². The van der Waals surface area contributed by atoms with Crippen LogP contribution in [0.25, 0.3) is 0 Å². The first kappa shape index (κ1) is 15.5. The molecule has 1 heterocycles. The van der Waals surface area contributed by atoms with Gasteiger partial charge in [0.1, 0.15) is 0 Å². The van der Waals surface area contributed by atoms with E-state index in [1.165, 1.54) is 32.1 Å². The second-order valence-corrected chi connectivity index (χ2v) is 8.57. The molecule has 4 heteroatoms. The number of carbonyl (C=O) groups is 2. The molecule has 5 aliphatic rings. The van der Waals surface area contributed by atoms with Gasteiger partial charge in [0, 0.05) is 13.1 Å². The van der Waals surface area contributed by atoms with Gasteiger partial charge in [-0.25, -0.2) is 0 Å². The molecule has 5 rings (SSSR count). The third-order valence-electron chi connectivity index (χ3n) is 6.76. The Morgan fingerprint density at radius 2 is 1.39 bits per heavy atom. The number of rotatable bonds is 3. The molecule has 0 spiro atoms. The molecule has 4 bridgehead atoms. The van der Waals surface area contributed by atoms with E-state index in [2.05, 4.69) is 0 Å². The third-order valence-corrected chi connectivity index (χ3v) is 6.76. The molecule has 0 unspecified atom stereocenters. The van der Waals surface area contributed by atoms with Crippen molar-refractivity contribution in [3.05, 3.63) is 0 Å². The van der Waals surface area contributed by atoms with Crippen LogP contribution in [0, 0.1) is 23.2 Å². The molecule has 4 aliphatic carbocycles. The number of amides is 1. The zero-order valence-corrected chi connectivity index (χ0v) is 14.1. The number of hydrogen-bond acceptors (Lipinski definition) is 3. The summed E-state index contributed by atoms with van der Waals surface area (Å²) in [5.74, 6) is 2.13. The lowest BCUT2D eigenvalue weighted by molar-refractivity contribution is -0.174. The summed E-state index contributed by atoms with van der Waals surface area (Å²) in [6, 6.07) is 0.